The second-order valence-corrected chi connectivity index (χ2v) is 9.76. The van der Waals surface area contributed by atoms with E-state index >= 15 is 0 Å². The monoisotopic (exact) mass is 374 g/mol. The van der Waals surface area contributed by atoms with Crippen LogP contribution in [-0.4, -0.2) is 34.2 Å². The first kappa shape index (κ1) is 18.7. The first-order valence-electron chi connectivity index (χ1n) is 10.4. The Morgan fingerprint density at radius 3 is 2.33 bits per heavy atom. The molecule has 3 atom stereocenters. The smallest absolute Gasteiger partial charge is 0.312 e. The molecule has 5 fully saturated rings. The fourth-order valence-corrected chi connectivity index (χ4v) is 6.55. The summed E-state index contributed by atoms with van der Waals surface area (Å²) in [6, 6.07) is 2.26. The Bertz CT molecular complexity index is 662. The number of nitriles is 1. The van der Waals surface area contributed by atoms with Gasteiger partial charge in [0, 0.05) is 0 Å². The van der Waals surface area contributed by atoms with Gasteiger partial charge < -0.3 is 15.2 Å². The maximum atomic E-state index is 13.0. The minimum Gasteiger partial charge on any atom is -0.452 e. The van der Waals surface area contributed by atoms with Gasteiger partial charge in [-0.2, -0.15) is 5.26 Å². The van der Waals surface area contributed by atoms with Crippen LogP contribution >= 0.6 is 0 Å². The van der Waals surface area contributed by atoms with E-state index in [1.54, 1.807) is 6.92 Å². The molecule has 148 valence electrons. The van der Waals surface area contributed by atoms with Crippen LogP contribution in [0.1, 0.15) is 77.6 Å². The van der Waals surface area contributed by atoms with Crippen LogP contribution in [-0.2, 0) is 14.3 Å². The molecule has 5 rings (SSSR count). The molecule has 6 nitrogen and oxygen atoms in total. The lowest BCUT2D eigenvalue weighted by Crippen LogP contribution is -2.59. The Labute approximate surface area is 160 Å². The Kier molecular flexibility index (Phi) is 4.50. The van der Waals surface area contributed by atoms with Crippen molar-refractivity contribution in [2.45, 2.75) is 94.8 Å². The van der Waals surface area contributed by atoms with Crippen LogP contribution in [0.4, 0.5) is 0 Å². The minimum atomic E-state index is -0.924. The summed E-state index contributed by atoms with van der Waals surface area (Å²) in [6.45, 7) is 1.58. The molecule has 0 spiro atoms. The number of hydrogen-bond donors (Lipinski definition) is 2. The quantitative estimate of drug-likeness (QED) is 0.737. The van der Waals surface area contributed by atoms with Gasteiger partial charge in [-0.25, -0.2) is 0 Å². The zero-order valence-corrected chi connectivity index (χ0v) is 16.1. The molecule has 0 saturated heterocycles. The van der Waals surface area contributed by atoms with Gasteiger partial charge >= 0.3 is 5.97 Å². The number of aliphatic hydroxyl groups is 1. The van der Waals surface area contributed by atoms with Crippen LogP contribution in [0.25, 0.3) is 0 Å². The molecule has 0 aromatic heterocycles. The zero-order valence-electron chi connectivity index (χ0n) is 16.1. The Morgan fingerprint density at radius 1 is 1.15 bits per heavy atom. The van der Waals surface area contributed by atoms with Crippen LogP contribution < -0.4 is 5.32 Å². The van der Waals surface area contributed by atoms with Crippen LogP contribution in [0.3, 0.4) is 0 Å². The molecule has 0 aliphatic heterocycles. The molecule has 5 aliphatic rings. The van der Waals surface area contributed by atoms with E-state index in [2.05, 4.69) is 11.4 Å². The highest BCUT2D eigenvalue weighted by Gasteiger charge is 2.61. The lowest BCUT2D eigenvalue weighted by atomic mass is 9.48. The van der Waals surface area contributed by atoms with Gasteiger partial charge in [0.05, 0.1) is 17.1 Å². The maximum Gasteiger partial charge on any atom is 0.312 e. The predicted octanol–water partition coefficient (Wildman–Crippen LogP) is 2.59. The fraction of sp³-hybridized carbons (Fsp3) is 0.857. The average molecular weight is 374 g/mol. The van der Waals surface area contributed by atoms with Gasteiger partial charge in [-0.15, -0.1) is 0 Å². The second kappa shape index (κ2) is 6.48. The number of carbonyl (C=O) groups excluding carboxylic acids is 2. The molecule has 3 unspecified atom stereocenters. The summed E-state index contributed by atoms with van der Waals surface area (Å²) < 4.78 is 5.60. The molecule has 2 N–H and O–H groups in total. The molecule has 5 aliphatic carbocycles. The lowest BCUT2D eigenvalue weighted by molar-refractivity contribution is -0.200. The molecule has 0 radical (unpaired) electrons. The highest BCUT2D eigenvalue weighted by Crippen LogP contribution is 2.62. The van der Waals surface area contributed by atoms with E-state index in [9.17, 15) is 20.0 Å². The molecule has 1 amide bonds. The van der Waals surface area contributed by atoms with E-state index in [0.717, 1.165) is 51.4 Å². The molecule has 0 aromatic carbocycles. The summed E-state index contributed by atoms with van der Waals surface area (Å²) in [5.41, 5.74) is -2.20. The van der Waals surface area contributed by atoms with Crippen molar-refractivity contribution in [1.82, 2.24) is 5.32 Å². The van der Waals surface area contributed by atoms with Gasteiger partial charge in [0.1, 0.15) is 5.54 Å². The standard InChI is InChI=1S/C21H30N2O4/c1-14(17(24)23-20(13-22)5-3-2-4-6-20)27-18(25)19-8-15-7-16(9-19)11-21(26,10-15)12-19/h14-16,26H,2-12H2,1H3,(H,23,24). The molecular weight excluding hydrogens is 344 g/mol. The third-order valence-electron chi connectivity index (χ3n) is 7.40. The summed E-state index contributed by atoms with van der Waals surface area (Å²) in [5, 5.41) is 23.2. The fourth-order valence-electron chi connectivity index (χ4n) is 6.55. The lowest BCUT2D eigenvalue weighted by Gasteiger charge is -2.58. The molecule has 4 bridgehead atoms. The van der Waals surface area contributed by atoms with Gasteiger partial charge in [0.25, 0.3) is 5.91 Å². The number of rotatable bonds is 4. The van der Waals surface area contributed by atoms with Crippen molar-refractivity contribution in [3.63, 3.8) is 0 Å². The maximum absolute atomic E-state index is 13.0. The van der Waals surface area contributed by atoms with E-state index in [1.807, 2.05) is 0 Å². The van der Waals surface area contributed by atoms with Crippen molar-refractivity contribution in [2.75, 3.05) is 0 Å². The van der Waals surface area contributed by atoms with Crippen molar-refractivity contribution in [3.8, 4) is 6.07 Å². The van der Waals surface area contributed by atoms with Gasteiger partial charge in [-0.05, 0) is 70.1 Å². The molecule has 0 heterocycles. The number of esters is 1. The second-order valence-electron chi connectivity index (χ2n) is 9.76. The van der Waals surface area contributed by atoms with Gasteiger partial charge in [-0.3, -0.25) is 9.59 Å². The van der Waals surface area contributed by atoms with Gasteiger partial charge in [0.2, 0.25) is 0 Å². The topological polar surface area (TPSA) is 99.4 Å². The number of nitrogens with one attached hydrogen (secondary N) is 1. The minimum absolute atomic E-state index is 0.340. The largest absolute Gasteiger partial charge is 0.452 e. The normalized spacial score (nSPS) is 40.0. The van der Waals surface area contributed by atoms with E-state index < -0.39 is 28.6 Å². The molecule has 5 saturated carbocycles. The van der Waals surface area contributed by atoms with E-state index in [-0.39, 0.29) is 5.97 Å². The number of amides is 1. The van der Waals surface area contributed by atoms with Crippen LogP contribution in [0, 0.1) is 28.6 Å². The third kappa shape index (κ3) is 3.35. The van der Waals surface area contributed by atoms with E-state index in [1.165, 1.54) is 0 Å². The van der Waals surface area contributed by atoms with E-state index in [4.69, 9.17) is 4.74 Å². The summed E-state index contributed by atoms with van der Waals surface area (Å²) >= 11 is 0. The van der Waals surface area contributed by atoms with Crippen LogP contribution in [0.2, 0.25) is 0 Å². The van der Waals surface area contributed by atoms with Crippen LogP contribution in [0.15, 0.2) is 0 Å². The SMILES string of the molecule is CC(OC(=O)C12CC3CC(CC(O)(C3)C1)C2)C(=O)NC1(C#N)CCCCC1. The van der Waals surface area contributed by atoms with Crippen molar-refractivity contribution in [3.05, 3.63) is 0 Å². The molecular formula is C21H30N2O4. The molecule has 0 aromatic rings. The third-order valence-corrected chi connectivity index (χ3v) is 7.40. The highest BCUT2D eigenvalue weighted by atomic mass is 16.5. The summed E-state index contributed by atoms with van der Waals surface area (Å²) in [7, 11) is 0. The highest BCUT2D eigenvalue weighted by molar-refractivity contribution is 5.86. The Hall–Kier alpha value is -1.61. The van der Waals surface area contributed by atoms with Gasteiger partial charge in [-0.1, -0.05) is 19.3 Å². The molecule has 27 heavy (non-hydrogen) atoms. The number of nitrogens with zero attached hydrogens (tertiary/aromatic N) is 1. The number of ether oxygens (including phenoxy) is 1. The first-order valence-corrected chi connectivity index (χ1v) is 10.4. The van der Waals surface area contributed by atoms with Crippen molar-refractivity contribution >= 4 is 11.9 Å². The van der Waals surface area contributed by atoms with Crippen molar-refractivity contribution in [2.24, 2.45) is 17.3 Å². The van der Waals surface area contributed by atoms with Crippen molar-refractivity contribution < 1.29 is 19.4 Å². The number of carbonyl (C=O) groups is 2. The Balaban J connectivity index is 1.41. The van der Waals surface area contributed by atoms with E-state index in [0.29, 0.717) is 31.1 Å². The summed E-state index contributed by atoms with van der Waals surface area (Å²) in [4.78, 5) is 25.6. The zero-order chi connectivity index (χ0) is 19.3. The van der Waals surface area contributed by atoms with Crippen LogP contribution in [0.5, 0.6) is 0 Å². The first-order chi connectivity index (χ1) is 12.8. The molecule has 6 heteroatoms. The van der Waals surface area contributed by atoms with Crippen molar-refractivity contribution in [1.29, 1.82) is 5.26 Å². The predicted molar refractivity (Wildman–Crippen MR) is 97.2 cm³/mol. The average Bonchev–Trinajstić information content (AvgIpc) is 2.60. The summed E-state index contributed by atoms with van der Waals surface area (Å²) in [6.07, 6.45) is 7.97. The van der Waals surface area contributed by atoms with Gasteiger partial charge in [0.15, 0.2) is 6.10 Å². The number of hydrogen-bond acceptors (Lipinski definition) is 5. The summed E-state index contributed by atoms with van der Waals surface area (Å²) in [5.74, 6) is 0.0385. The Morgan fingerprint density at radius 2 is 1.78 bits per heavy atom.